The van der Waals surface area contributed by atoms with Crippen LogP contribution < -0.4 is 5.32 Å². The van der Waals surface area contributed by atoms with E-state index in [1.165, 1.54) is 0 Å². The van der Waals surface area contributed by atoms with E-state index in [1.54, 1.807) is 12.7 Å². The van der Waals surface area contributed by atoms with Crippen molar-refractivity contribution in [3.05, 3.63) is 25.3 Å². The molecule has 1 fully saturated rings. The summed E-state index contributed by atoms with van der Waals surface area (Å²) in [5.41, 5.74) is 1.60. The van der Waals surface area contributed by atoms with Gasteiger partial charge >= 0.3 is 0 Å². The van der Waals surface area contributed by atoms with Crippen LogP contribution in [0.3, 0.4) is 0 Å². The summed E-state index contributed by atoms with van der Waals surface area (Å²) < 4.78 is 0. The van der Waals surface area contributed by atoms with Gasteiger partial charge in [0.05, 0.1) is 6.33 Å². The molecule has 2 N–H and O–H groups in total. The summed E-state index contributed by atoms with van der Waals surface area (Å²) in [5, 5.41) is 3.50. The first-order valence-corrected chi connectivity index (χ1v) is 6.60. The lowest BCUT2D eigenvalue weighted by Gasteiger charge is -2.31. The number of nitrogens with one attached hydrogen (secondary N) is 2. The Labute approximate surface area is 112 Å². The number of piperidine rings is 1. The average molecular weight is 258 g/mol. The van der Waals surface area contributed by atoms with Crippen molar-refractivity contribution in [2.45, 2.75) is 18.9 Å². The summed E-state index contributed by atoms with van der Waals surface area (Å²) in [6, 6.07) is 0.461. The summed E-state index contributed by atoms with van der Waals surface area (Å²) in [7, 11) is 0. The van der Waals surface area contributed by atoms with Gasteiger partial charge in [0.25, 0.3) is 0 Å². The smallest absolute Gasteiger partial charge is 0.182 e. The topological polar surface area (TPSA) is 69.7 Å². The molecule has 0 aromatic carbocycles. The molecular weight excluding hydrogens is 240 g/mol. The molecule has 0 radical (unpaired) electrons. The van der Waals surface area contributed by atoms with E-state index in [4.69, 9.17) is 0 Å². The van der Waals surface area contributed by atoms with Gasteiger partial charge in [-0.2, -0.15) is 0 Å². The number of aromatic nitrogens is 4. The number of hydrogen-bond acceptors (Lipinski definition) is 5. The summed E-state index contributed by atoms with van der Waals surface area (Å²) >= 11 is 0. The first-order chi connectivity index (χ1) is 9.36. The summed E-state index contributed by atoms with van der Waals surface area (Å²) in [6.45, 7) is 6.96. The van der Waals surface area contributed by atoms with Gasteiger partial charge in [0.15, 0.2) is 11.5 Å². The quantitative estimate of drug-likeness (QED) is 0.812. The highest BCUT2D eigenvalue weighted by Crippen LogP contribution is 2.19. The molecular formula is C13H18N6. The molecule has 6 heteroatoms. The van der Waals surface area contributed by atoms with Gasteiger partial charge in [-0.15, -0.1) is 6.58 Å². The van der Waals surface area contributed by atoms with Crippen molar-refractivity contribution in [1.29, 1.82) is 0 Å². The zero-order valence-corrected chi connectivity index (χ0v) is 10.8. The van der Waals surface area contributed by atoms with E-state index in [9.17, 15) is 0 Å². The van der Waals surface area contributed by atoms with Crippen LogP contribution in [0.5, 0.6) is 0 Å². The van der Waals surface area contributed by atoms with E-state index in [0.29, 0.717) is 11.7 Å². The van der Waals surface area contributed by atoms with Crippen molar-refractivity contribution >= 4 is 17.0 Å². The first-order valence-electron chi connectivity index (χ1n) is 6.60. The van der Waals surface area contributed by atoms with Gasteiger partial charge in [-0.05, 0) is 12.8 Å². The monoisotopic (exact) mass is 258 g/mol. The summed E-state index contributed by atoms with van der Waals surface area (Å²) in [5.74, 6) is 0.852. The van der Waals surface area contributed by atoms with Gasteiger partial charge in [-0.25, -0.2) is 15.0 Å². The highest BCUT2D eigenvalue weighted by Gasteiger charge is 2.19. The minimum Gasteiger partial charge on any atom is -0.365 e. The Balaban J connectivity index is 1.66. The second-order valence-corrected chi connectivity index (χ2v) is 4.83. The first kappa shape index (κ1) is 12.1. The third-order valence-electron chi connectivity index (χ3n) is 3.54. The molecule has 1 saturated heterocycles. The van der Waals surface area contributed by atoms with Crippen LogP contribution in [0, 0.1) is 0 Å². The molecule has 3 rings (SSSR count). The molecule has 1 aliphatic heterocycles. The second-order valence-electron chi connectivity index (χ2n) is 4.83. The van der Waals surface area contributed by atoms with Crippen LogP contribution in [0.1, 0.15) is 12.8 Å². The van der Waals surface area contributed by atoms with E-state index in [2.05, 4.69) is 36.7 Å². The van der Waals surface area contributed by atoms with Crippen LogP contribution in [0.4, 0.5) is 5.82 Å². The molecule has 0 amide bonds. The number of rotatable bonds is 4. The lowest BCUT2D eigenvalue weighted by molar-refractivity contribution is 0.240. The van der Waals surface area contributed by atoms with Gasteiger partial charge < -0.3 is 10.3 Å². The number of anilines is 1. The molecule has 0 unspecified atom stereocenters. The molecule has 0 atom stereocenters. The molecule has 0 bridgehead atoms. The fourth-order valence-electron chi connectivity index (χ4n) is 2.51. The second kappa shape index (κ2) is 5.36. The van der Waals surface area contributed by atoms with Gasteiger partial charge in [-0.1, -0.05) is 6.08 Å². The molecule has 1 aliphatic rings. The molecule has 3 heterocycles. The Morgan fingerprint density at radius 3 is 3.00 bits per heavy atom. The Morgan fingerprint density at radius 2 is 2.21 bits per heavy atom. The molecule has 100 valence electrons. The van der Waals surface area contributed by atoms with Crippen LogP contribution in [-0.2, 0) is 0 Å². The lowest BCUT2D eigenvalue weighted by Crippen LogP contribution is -2.39. The molecule has 0 aliphatic carbocycles. The van der Waals surface area contributed by atoms with Gasteiger partial charge in [0.1, 0.15) is 11.8 Å². The minimum absolute atomic E-state index is 0.461. The number of likely N-dealkylation sites (tertiary alicyclic amines) is 1. The largest absolute Gasteiger partial charge is 0.365 e. The maximum absolute atomic E-state index is 4.31. The Hall–Kier alpha value is -1.95. The predicted molar refractivity (Wildman–Crippen MR) is 75.0 cm³/mol. The van der Waals surface area contributed by atoms with Gasteiger partial charge in [-0.3, -0.25) is 4.90 Å². The highest BCUT2D eigenvalue weighted by molar-refractivity contribution is 5.82. The predicted octanol–water partition coefficient (Wildman–Crippen LogP) is 1.42. The van der Waals surface area contributed by atoms with Gasteiger partial charge in [0, 0.05) is 25.7 Å². The number of H-pyrrole nitrogens is 1. The zero-order chi connectivity index (χ0) is 13.1. The van der Waals surface area contributed by atoms with Crippen LogP contribution >= 0.6 is 0 Å². The molecule has 0 spiro atoms. The number of nitrogens with zero attached hydrogens (tertiary/aromatic N) is 4. The fraction of sp³-hybridized carbons (Fsp3) is 0.462. The van der Waals surface area contributed by atoms with E-state index >= 15 is 0 Å². The normalized spacial score (nSPS) is 17.7. The third kappa shape index (κ3) is 2.58. The molecule has 2 aromatic rings. The third-order valence-corrected chi connectivity index (χ3v) is 3.54. The maximum atomic E-state index is 4.31. The van der Waals surface area contributed by atoms with Crippen LogP contribution in [-0.4, -0.2) is 50.5 Å². The van der Waals surface area contributed by atoms with E-state index < -0.39 is 0 Å². The van der Waals surface area contributed by atoms with Gasteiger partial charge in [0.2, 0.25) is 0 Å². The lowest BCUT2D eigenvalue weighted by atomic mass is 10.1. The number of imidazole rings is 1. The molecule has 2 aromatic heterocycles. The molecule has 6 nitrogen and oxygen atoms in total. The zero-order valence-electron chi connectivity index (χ0n) is 10.8. The minimum atomic E-state index is 0.461. The van der Waals surface area contributed by atoms with Crippen molar-refractivity contribution in [1.82, 2.24) is 24.8 Å². The maximum Gasteiger partial charge on any atom is 0.182 e. The Bertz CT molecular complexity index is 555. The van der Waals surface area contributed by atoms with Crippen LogP contribution in [0.25, 0.3) is 11.2 Å². The van der Waals surface area contributed by atoms with Crippen LogP contribution in [0.15, 0.2) is 25.3 Å². The van der Waals surface area contributed by atoms with Crippen molar-refractivity contribution < 1.29 is 0 Å². The van der Waals surface area contributed by atoms with E-state index in [-0.39, 0.29) is 0 Å². The van der Waals surface area contributed by atoms with Crippen molar-refractivity contribution in [2.24, 2.45) is 0 Å². The standard InChI is InChI=1S/C13H18N6/c1-2-5-19-6-3-10(4-7-19)18-13-11-12(15-8-14-11)16-9-17-13/h2,8-10H,1,3-7H2,(H2,14,15,16,17,18). The summed E-state index contributed by atoms with van der Waals surface area (Å²) in [4.78, 5) is 18.1. The molecule has 19 heavy (non-hydrogen) atoms. The Kier molecular flexibility index (Phi) is 3.41. The number of aromatic amines is 1. The highest BCUT2D eigenvalue weighted by atomic mass is 15.2. The van der Waals surface area contributed by atoms with Crippen molar-refractivity contribution in [3.8, 4) is 0 Å². The number of hydrogen-bond donors (Lipinski definition) is 2. The summed E-state index contributed by atoms with van der Waals surface area (Å²) in [6.07, 6.45) is 7.41. The van der Waals surface area contributed by atoms with Crippen LogP contribution in [0.2, 0.25) is 0 Å². The Morgan fingerprint density at radius 1 is 1.37 bits per heavy atom. The average Bonchev–Trinajstić information content (AvgIpc) is 2.91. The van der Waals surface area contributed by atoms with Crippen molar-refractivity contribution in [2.75, 3.05) is 25.0 Å². The van der Waals surface area contributed by atoms with E-state index in [0.717, 1.165) is 43.8 Å². The fourth-order valence-corrected chi connectivity index (χ4v) is 2.51. The molecule has 0 saturated carbocycles. The number of fused-ring (bicyclic) bond motifs is 1. The SMILES string of the molecule is C=CCN1CCC(Nc2ncnc3nc[nH]c23)CC1. The van der Waals surface area contributed by atoms with E-state index in [1.807, 2.05) is 6.08 Å². The van der Waals surface area contributed by atoms with Crippen molar-refractivity contribution in [3.63, 3.8) is 0 Å².